The molecule has 0 aliphatic rings. The molecular weight excluding hydrogens is 324 g/mol. The molecule has 2 atom stereocenters. The smallest absolute Gasteiger partial charge is 0.237 e. The standard InChI is InChI=1S/C17H24N4O4/c1-20-8-13-22-12-5-16(25-14-9-21-2)17(24-11-4-7-19)15-23-10-3-6-18/h16-17H,3-5,8-15H2. The number of ether oxygens (including phenoxy) is 4. The second-order valence-electron chi connectivity index (χ2n) is 4.87. The van der Waals surface area contributed by atoms with E-state index in [1.54, 1.807) is 0 Å². The van der Waals surface area contributed by atoms with Crippen molar-refractivity contribution in [2.45, 2.75) is 31.5 Å². The maximum absolute atomic E-state index is 8.66. The van der Waals surface area contributed by atoms with Crippen LogP contribution in [0.3, 0.4) is 0 Å². The summed E-state index contributed by atoms with van der Waals surface area (Å²) in [7, 11) is 0. The third-order valence-electron chi connectivity index (χ3n) is 3.03. The van der Waals surface area contributed by atoms with Gasteiger partial charge in [-0.3, -0.25) is 0 Å². The Balaban J connectivity index is 4.57. The Bertz CT molecular complexity index is 487. The van der Waals surface area contributed by atoms with E-state index in [4.69, 9.17) is 42.6 Å². The third kappa shape index (κ3) is 13.9. The minimum atomic E-state index is -0.415. The first-order chi connectivity index (χ1) is 12.3. The Morgan fingerprint density at radius 1 is 0.760 bits per heavy atom. The van der Waals surface area contributed by atoms with Gasteiger partial charge in [-0.1, -0.05) is 0 Å². The summed E-state index contributed by atoms with van der Waals surface area (Å²) in [5.74, 6) is 0. The fourth-order valence-electron chi connectivity index (χ4n) is 1.87. The van der Waals surface area contributed by atoms with Gasteiger partial charge in [0.1, 0.15) is 19.3 Å². The molecule has 8 nitrogen and oxygen atoms in total. The van der Waals surface area contributed by atoms with Crippen molar-refractivity contribution < 1.29 is 18.9 Å². The number of nitrogens with zero attached hydrogens (tertiary/aromatic N) is 4. The van der Waals surface area contributed by atoms with Crippen molar-refractivity contribution in [3.05, 3.63) is 22.8 Å². The molecule has 0 spiro atoms. The molecule has 0 rings (SSSR count). The second kappa shape index (κ2) is 18.1. The first kappa shape index (κ1) is 22.8. The normalized spacial score (nSPS) is 12.3. The lowest BCUT2D eigenvalue weighted by atomic mass is 10.1. The van der Waals surface area contributed by atoms with Crippen LogP contribution in [0.4, 0.5) is 0 Å². The van der Waals surface area contributed by atoms with Crippen LogP contribution in [-0.2, 0) is 18.9 Å². The summed E-state index contributed by atoms with van der Waals surface area (Å²) in [6, 6.07) is 4.02. The Hall–Kier alpha value is -2.20. The average molecular weight is 348 g/mol. The lowest BCUT2D eigenvalue weighted by Crippen LogP contribution is -2.37. The summed E-state index contributed by atoms with van der Waals surface area (Å²) in [5.41, 5.74) is 0. The molecule has 0 radical (unpaired) electrons. The van der Waals surface area contributed by atoms with Crippen LogP contribution >= 0.6 is 0 Å². The van der Waals surface area contributed by atoms with Gasteiger partial charge in [-0.25, -0.2) is 13.1 Å². The zero-order valence-corrected chi connectivity index (χ0v) is 14.4. The van der Waals surface area contributed by atoms with Crippen molar-refractivity contribution in [2.75, 3.05) is 52.7 Å². The minimum Gasteiger partial charge on any atom is -0.378 e. The van der Waals surface area contributed by atoms with Gasteiger partial charge in [-0.2, -0.15) is 10.5 Å². The molecule has 0 aromatic carbocycles. The van der Waals surface area contributed by atoms with Gasteiger partial charge in [-0.05, 0) is 6.42 Å². The zero-order chi connectivity index (χ0) is 18.6. The quantitative estimate of drug-likeness (QED) is 0.312. The lowest BCUT2D eigenvalue weighted by Gasteiger charge is -2.26. The molecule has 0 saturated heterocycles. The highest BCUT2D eigenvalue weighted by atomic mass is 16.6. The molecular formula is C17H24N4O4. The summed E-state index contributed by atoms with van der Waals surface area (Å²) in [6.45, 7) is 15.9. The summed E-state index contributed by atoms with van der Waals surface area (Å²) in [4.78, 5) is 6.47. The van der Waals surface area contributed by atoms with Crippen LogP contribution < -0.4 is 0 Å². The van der Waals surface area contributed by atoms with Crippen LogP contribution in [0.1, 0.15) is 19.3 Å². The Morgan fingerprint density at radius 3 is 2.08 bits per heavy atom. The van der Waals surface area contributed by atoms with E-state index in [-0.39, 0.29) is 45.3 Å². The molecule has 136 valence electrons. The lowest BCUT2D eigenvalue weighted by molar-refractivity contribution is -0.108. The molecule has 0 aliphatic carbocycles. The highest BCUT2D eigenvalue weighted by Gasteiger charge is 2.24. The van der Waals surface area contributed by atoms with Crippen LogP contribution in [0, 0.1) is 35.8 Å². The molecule has 0 aromatic rings. The second-order valence-corrected chi connectivity index (χ2v) is 4.87. The monoisotopic (exact) mass is 348 g/mol. The van der Waals surface area contributed by atoms with E-state index in [0.29, 0.717) is 32.8 Å². The minimum absolute atomic E-state index is 0.234. The molecule has 8 heteroatoms. The van der Waals surface area contributed by atoms with Gasteiger partial charge in [0.25, 0.3) is 0 Å². The Kier molecular flexibility index (Phi) is 16.5. The molecule has 0 amide bonds. The van der Waals surface area contributed by atoms with E-state index >= 15 is 0 Å². The van der Waals surface area contributed by atoms with Gasteiger partial charge in [-0.15, -0.1) is 0 Å². The van der Waals surface area contributed by atoms with Gasteiger partial charge in [0.05, 0.1) is 50.9 Å². The topological polar surface area (TPSA) is 93.2 Å². The van der Waals surface area contributed by atoms with Crippen LogP contribution in [0.2, 0.25) is 0 Å². The van der Waals surface area contributed by atoms with E-state index in [9.17, 15) is 0 Å². The molecule has 0 heterocycles. The van der Waals surface area contributed by atoms with Crippen molar-refractivity contribution in [3.63, 3.8) is 0 Å². The van der Waals surface area contributed by atoms with E-state index in [0.717, 1.165) is 0 Å². The molecule has 0 aromatic heterocycles. The van der Waals surface area contributed by atoms with Gasteiger partial charge in [0.2, 0.25) is 13.1 Å². The van der Waals surface area contributed by atoms with Gasteiger partial charge in [0, 0.05) is 6.61 Å². The largest absolute Gasteiger partial charge is 0.378 e. The first-order valence-electron chi connectivity index (χ1n) is 8.09. The summed E-state index contributed by atoms with van der Waals surface area (Å²) >= 11 is 0. The highest BCUT2D eigenvalue weighted by molar-refractivity contribution is 4.75. The van der Waals surface area contributed by atoms with E-state index in [1.165, 1.54) is 0 Å². The van der Waals surface area contributed by atoms with Gasteiger partial charge < -0.3 is 28.6 Å². The van der Waals surface area contributed by atoms with Crippen molar-refractivity contribution in [1.82, 2.24) is 0 Å². The molecule has 0 aliphatic heterocycles. The number of rotatable bonds is 16. The number of hydrogen-bond donors (Lipinski definition) is 0. The van der Waals surface area contributed by atoms with E-state index < -0.39 is 6.10 Å². The predicted molar refractivity (Wildman–Crippen MR) is 89.1 cm³/mol. The van der Waals surface area contributed by atoms with Crippen molar-refractivity contribution in [1.29, 1.82) is 10.5 Å². The fourth-order valence-corrected chi connectivity index (χ4v) is 1.87. The Labute approximate surface area is 149 Å². The molecule has 0 bridgehead atoms. The first-order valence-corrected chi connectivity index (χ1v) is 8.09. The van der Waals surface area contributed by atoms with Crippen molar-refractivity contribution >= 4 is 0 Å². The predicted octanol–water partition coefficient (Wildman–Crippen LogP) is 1.85. The molecule has 0 fully saturated rings. The molecule has 0 N–H and O–H groups in total. The summed E-state index contributed by atoms with van der Waals surface area (Å²) in [5, 5.41) is 17.2. The van der Waals surface area contributed by atoms with Crippen molar-refractivity contribution in [2.24, 2.45) is 0 Å². The SMILES string of the molecule is [C-]#[N+]CCOCCC(OCC[N+]#[C-])C(COCCC#N)OCCC#N. The maximum atomic E-state index is 8.66. The highest BCUT2D eigenvalue weighted by Crippen LogP contribution is 2.11. The average Bonchev–Trinajstić information content (AvgIpc) is 2.62. The Morgan fingerprint density at radius 2 is 1.40 bits per heavy atom. The molecule has 25 heavy (non-hydrogen) atoms. The van der Waals surface area contributed by atoms with Crippen LogP contribution in [0.5, 0.6) is 0 Å². The van der Waals surface area contributed by atoms with E-state index in [2.05, 4.69) is 9.69 Å². The number of nitriles is 2. The molecule has 2 unspecified atom stereocenters. The summed E-state index contributed by atoms with van der Waals surface area (Å²) in [6.07, 6.45) is 0.297. The molecule has 0 saturated carbocycles. The zero-order valence-electron chi connectivity index (χ0n) is 14.4. The van der Waals surface area contributed by atoms with Gasteiger partial charge in [0.15, 0.2) is 0 Å². The third-order valence-corrected chi connectivity index (χ3v) is 3.03. The number of hydrogen-bond acceptors (Lipinski definition) is 6. The van der Waals surface area contributed by atoms with E-state index in [1.807, 2.05) is 12.1 Å². The van der Waals surface area contributed by atoms with Crippen LogP contribution in [0.25, 0.3) is 9.69 Å². The van der Waals surface area contributed by atoms with Crippen LogP contribution in [0.15, 0.2) is 0 Å². The fraction of sp³-hybridized carbons (Fsp3) is 0.765. The van der Waals surface area contributed by atoms with Crippen molar-refractivity contribution in [3.8, 4) is 12.1 Å². The van der Waals surface area contributed by atoms with Crippen LogP contribution in [-0.4, -0.2) is 64.9 Å². The summed E-state index contributed by atoms with van der Waals surface area (Å²) < 4.78 is 22.3. The van der Waals surface area contributed by atoms with Gasteiger partial charge >= 0.3 is 0 Å². The maximum Gasteiger partial charge on any atom is 0.237 e.